The highest BCUT2D eigenvalue weighted by Gasteiger charge is 2.17. The van der Waals surface area contributed by atoms with Crippen LogP contribution in [0.1, 0.15) is 0 Å². The van der Waals surface area contributed by atoms with Gasteiger partial charge in [-0.15, -0.1) is 0 Å². The first-order valence-electron chi connectivity index (χ1n) is 5.20. The van der Waals surface area contributed by atoms with E-state index in [1.54, 1.807) is 7.05 Å². The molecule has 0 spiro atoms. The number of aromatic nitrogens is 4. The van der Waals surface area contributed by atoms with Gasteiger partial charge in [-0.25, -0.2) is 8.78 Å². The maximum atomic E-state index is 12.2. The Balaban J connectivity index is 2.23. The van der Waals surface area contributed by atoms with Crippen LogP contribution >= 0.6 is 0 Å². The summed E-state index contributed by atoms with van der Waals surface area (Å²) in [4.78, 5) is 8.16. The second-order valence-corrected chi connectivity index (χ2v) is 3.56. The molecular weight excluding hydrogens is 246 g/mol. The molecule has 0 radical (unpaired) electrons. The Kier molecular flexibility index (Phi) is 3.51. The van der Waals surface area contributed by atoms with Crippen LogP contribution in [0.4, 0.5) is 20.5 Å². The van der Waals surface area contributed by atoms with Gasteiger partial charge in [-0.05, 0) is 0 Å². The van der Waals surface area contributed by atoms with Gasteiger partial charge >= 0.3 is 0 Å². The van der Waals surface area contributed by atoms with Gasteiger partial charge in [0.15, 0.2) is 5.65 Å². The normalized spacial score (nSPS) is 12.9. The van der Waals surface area contributed by atoms with Crippen molar-refractivity contribution in [1.29, 1.82) is 0 Å². The van der Waals surface area contributed by atoms with E-state index in [9.17, 15) is 8.78 Å². The number of aliphatic hydroxyl groups excluding tert-OH is 1. The van der Waals surface area contributed by atoms with Crippen LogP contribution in [0, 0.1) is 0 Å². The van der Waals surface area contributed by atoms with E-state index >= 15 is 0 Å². The third-order valence-corrected chi connectivity index (χ3v) is 2.30. The van der Waals surface area contributed by atoms with Crippen LogP contribution in [0.3, 0.4) is 0 Å². The Morgan fingerprint density at radius 3 is 2.89 bits per heavy atom. The number of nitrogens with zero attached hydrogens (tertiary/aromatic N) is 3. The molecule has 2 heterocycles. The van der Waals surface area contributed by atoms with Crippen LogP contribution in [-0.2, 0) is 0 Å². The summed E-state index contributed by atoms with van der Waals surface area (Å²) in [6.45, 7) is -0.307. The average molecular weight is 258 g/mol. The second kappa shape index (κ2) is 5.08. The van der Waals surface area contributed by atoms with E-state index in [0.717, 1.165) is 0 Å². The Morgan fingerprint density at radius 1 is 1.44 bits per heavy atom. The number of nitrogens with one attached hydrogen (secondary N) is 3. The van der Waals surface area contributed by atoms with Crippen LogP contribution in [0.15, 0.2) is 6.20 Å². The summed E-state index contributed by atoms with van der Waals surface area (Å²) in [5.41, 5.74) is 0.475. The van der Waals surface area contributed by atoms with Crippen molar-refractivity contribution in [3.63, 3.8) is 0 Å². The summed E-state index contributed by atoms with van der Waals surface area (Å²) < 4.78 is 24.4. The summed E-state index contributed by atoms with van der Waals surface area (Å²) >= 11 is 0. The molecule has 0 aromatic carbocycles. The zero-order chi connectivity index (χ0) is 13.1. The highest BCUT2D eigenvalue weighted by Crippen LogP contribution is 2.19. The number of H-pyrrole nitrogens is 1. The molecule has 7 nitrogen and oxygen atoms in total. The van der Waals surface area contributed by atoms with Gasteiger partial charge in [-0.2, -0.15) is 15.1 Å². The van der Waals surface area contributed by atoms with Crippen molar-refractivity contribution in [2.45, 2.75) is 12.5 Å². The smallest absolute Gasteiger partial charge is 0.265 e. The lowest BCUT2D eigenvalue weighted by Crippen LogP contribution is -2.27. The molecule has 0 fully saturated rings. The third kappa shape index (κ3) is 2.45. The van der Waals surface area contributed by atoms with Crippen molar-refractivity contribution >= 4 is 22.8 Å². The van der Waals surface area contributed by atoms with E-state index in [1.807, 2.05) is 0 Å². The number of fused-ring (bicyclic) bond motifs is 1. The minimum atomic E-state index is -2.80. The highest BCUT2D eigenvalue weighted by molar-refractivity contribution is 5.86. The van der Waals surface area contributed by atoms with Crippen molar-refractivity contribution < 1.29 is 13.9 Å². The van der Waals surface area contributed by atoms with E-state index in [1.165, 1.54) is 6.20 Å². The van der Waals surface area contributed by atoms with Gasteiger partial charge < -0.3 is 15.7 Å². The quantitative estimate of drug-likeness (QED) is 0.621. The molecule has 0 aliphatic carbocycles. The lowest BCUT2D eigenvalue weighted by atomic mass is 10.3. The molecule has 0 bridgehead atoms. The Morgan fingerprint density at radius 2 is 2.22 bits per heavy atom. The fraction of sp³-hybridized carbons (Fsp3) is 0.444. The number of alkyl halides is 2. The maximum absolute atomic E-state index is 12.2. The highest BCUT2D eigenvalue weighted by atomic mass is 19.3. The van der Waals surface area contributed by atoms with E-state index in [0.29, 0.717) is 22.8 Å². The Hall–Kier alpha value is -2.03. The van der Waals surface area contributed by atoms with Crippen molar-refractivity contribution in [1.82, 2.24) is 20.2 Å². The van der Waals surface area contributed by atoms with Crippen molar-refractivity contribution in [3.05, 3.63) is 6.20 Å². The molecule has 98 valence electrons. The Labute approximate surface area is 101 Å². The first kappa shape index (κ1) is 12.4. The molecule has 2 aromatic rings. The molecule has 9 heteroatoms. The minimum absolute atomic E-state index is 0.307. The summed E-state index contributed by atoms with van der Waals surface area (Å²) in [7, 11) is 1.63. The number of hydrogen-bond donors (Lipinski definition) is 4. The summed E-state index contributed by atoms with van der Waals surface area (Å²) in [5.74, 6) is 0.651. The third-order valence-electron chi connectivity index (χ3n) is 2.30. The Bertz CT molecular complexity index is 531. The monoisotopic (exact) mass is 258 g/mol. The lowest BCUT2D eigenvalue weighted by Gasteiger charge is -2.12. The first-order valence-corrected chi connectivity index (χ1v) is 5.20. The summed E-state index contributed by atoms with van der Waals surface area (Å²) in [6, 6.07) is 0. The zero-order valence-corrected chi connectivity index (χ0v) is 9.48. The SMILES string of the molecule is CNc1nc(NCC(O)C(F)F)c2cn[nH]c2n1. The molecule has 0 aliphatic heterocycles. The van der Waals surface area contributed by atoms with E-state index in [4.69, 9.17) is 5.11 Å². The molecule has 0 saturated heterocycles. The molecule has 0 amide bonds. The van der Waals surface area contributed by atoms with E-state index in [2.05, 4.69) is 30.8 Å². The zero-order valence-electron chi connectivity index (χ0n) is 9.48. The van der Waals surface area contributed by atoms with Crippen LogP contribution in [0.2, 0.25) is 0 Å². The van der Waals surface area contributed by atoms with Crippen LogP contribution in [-0.4, -0.2) is 51.4 Å². The van der Waals surface area contributed by atoms with Crippen molar-refractivity contribution in [3.8, 4) is 0 Å². The molecule has 0 aliphatic rings. The van der Waals surface area contributed by atoms with Gasteiger partial charge in [0.2, 0.25) is 5.95 Å². The molecule has 2 rings (SSSR count). The molecular formula is C9H12F2N6O. The predicted octanol–water partition coefficient (Wildman–Crippen LogP) is 0.432. The fourth-order valence-electron chi connectivity index (χ4n) is 1.37. The van der Waals surface area contributed by atoms with Gasteiger partial charge in [0.1, 0.15) is 11.9 Å². The number of rotatable bonds is 5. The van der Waals surface area contributed by atoms with E-state index < -0.39 is 12.5 Å². The molecule has 1 unspecified atom stereocenters. The summed E-state index contributed by atoms with van der Waals surface area (Å²) in [5, 5.41) is 21.4. The van der Waals surface area contributed by atoms with Gasteiger partial charge in [-0.1, -0.05) is 0 Å². The van der Waals surface area contributed by atoms with Crippen molar-refractivity contribution in [2.24, 2.45) is 0 Å². The van der Waals surface area contributed by atoms with Gasteiger partial charge in [-0.3, -0.25) is 5.10 Å². The molecule has 2 aromatic heterocycles. The topological polar surface area (TPSA) is 98.8 Å². The van der Waals surface area contributed by atoms with Gasteiger partial charge in [0.25, 0.3) is 6.43 Å². The number of hydrogen-bond acceptors (Lipinski definition) is 6. The molecule has 0 saturated carbocycles. The van der Waals surface area contributed by atoms with Crippen LogP contribution < -0.4 is 10.6 Å². The second-order valence-electron chi connectivity index (χ2n) is 3.56. The van der Waals surface area contributed by atoms with Gasteiger partial charge in [0.05, 0.1) is 11.6 Å². The number of anilines is 2. The van der Waals surface area contributed by atoms with Crippen LogP contribution in [0.25, 0.3) is 11.0 Å². The fourth-order valence-corrected chi connectivity index (χ4v) is 1.37. The summed E-state index contributed by atoms with van der Waals surface area (Å²) in [6.07, 6.45) is -3.07. The molecule has 1 atom stereocenters. The average Bonchev–Trinajstić information content (AvgIpc) is 2.83. The molecule has 18 heavy (non-hydrogen) atoms. The van der Waals surface area contributed by atoms with E-state index in [-0.39, 0.29) is 6.54 Å². The standard InChI is InChI=1S/C9H12F2N6O/c1-12-9-15-7(13-3-5(18)6(10)11)4-2-14-17-8(4)16-9/h2,5-6,18H,3H2,1H3,(H3,12,13,14,15,16,17). The molecule has 4 N–H and O–H groups in total. The number of aromatic amines is 1. The minimum Gasteiger partial charge on any atom is -0.385 e. The maximum Gasteiger partial charge on any atom is 0.265 e. The van der Waals surface area contributed by atoms with Gasteiger partial charge in [0, 0.05) is 13.6 Å². The lowest BCUT2D eigenvalue weighted by molar-refractivity contribution is 0.00382. The first-order chi connectivity index (χ1) is 8.61. The largest absolute Gasteiger partial charge is 0.385 e. The number of halogens is 2. The van der Waals surface area contributed by atoms with Crippen molar-refractivity contribution in [2.75, 3.05) is 24.2 Å². The van der Waals surface area contributed by atoms with Crippen LogP contribution in [0.5, 0.6) is 0 Å². The number of aliphatic hydroxyl groups is 1. The predicted molar refractivity (Wildman–Crippen MR) is 61.7 cm³/mol.